The van der Waals surface area contributed by atoms with E-state index in [2.05, 4.69) is 22.5 Å². The average molecular weight is 265 g/mol. The normalized spacial score (nSPS) is 9.22. The van der Waals surface area contributed by atoms with Crippen molar-refractivity contribution < 1.29 is 9.59 Å². The van der Waals surface area contributed by atoms with Crippen LogP contribution in [0, 0.1) is 11.8 Å². The first kappa shape index (κ1) is 14.2. The van der Waals surface area contributed by atoms with Gasteiger partial charge in [-0.1, -0.05) is 11.8 Å². The summed E-state index contributed by atoms with van der Waals surface area (Å²) in [5.74, 6) is 5.25. The van der Waals surface area contributed by atoms with Gasteiger partial charge in [0.15, 0.2) is 0 Å². The Bertz CT molecular complexity index is 485. The second kappa shape index (κ2) is 7.48. The molecule has 0 atom stereocenters. The number of carbonyl (C=O) groups is 2. The smallest absolute Gasteiger partial charge is 0.239 e. The van der Waals surface area contributed by atoms with Gasteiger partial charge in [0.25, 0.3) is 0 Å². The van der Waals surface area contributed by atoms with Crippen LogP contribution in [0.2, 0.25) is 0 Å². The zero-order valence-electron chi connectivity index (χ0n) is 10.1. The van der Waals surface area contributed by atoms with Crippen LogP contribution in [0.5, 0.6) is 0 Å². The van der Waals surface area contributed by atoms with E-state index in [0.29, 0.717) is 13.1 Å². The lowest BCUT2D eigenvalue weighted by molar-refractivity contribution is -0.125. The zero-order valence-corrected chi connectivity index (χ0v) is 10.9. The van der Waals surface area contributed by atoms with Gasteiger partial charge in [-0.15, -0.1) is 11.3 Å². The minimum atomic E-state index is -0.222. The van der Waals surface area contributed by atoms with Crippen LogP contribution in [0.1, 0.15) is 17.4 Å². The molecule has 0 saturated carbocycles. The second-order valence-electron chi connectivity index (χ2n) is 3.49. The number of nitrogens with one attached hydrogen (secondary N) is 2. The number of nitrogens with two attached hydrogens (primary N) is 1. The maximum atomic E-state index is 11.3. The summed E-state index contributed by atoms with van der Waals surface area (Å²) in [7, 11) is 0. The van der Waals surface area contributed by atoms with E-state index in [4.69, 9.17) is 5.73 Å². The first-order valence-corrected chi connectivity index (χ1v) is 6.27. The molecule has 0 fully saturated rings. The number of thiophene rings is 1. The molecule has 0 aliphatic heterocycles. The van der Waals surface area contributed by atoms with E-state index in [1.807, 2.05) is 11.4 Å². The summed E-state index contributed by atoms with van der Waals surface area (Å²) in [5, 5.41) is 7.05. The van der Waals surface area contributed by atoms with Gasteiger partial charge in [-0.05, 0) is 6.07 Å². The van der Waals surface area contributed by atoms with Crippen molar-refractivity contribution in [2.24, 2.45) is 5.73 Å². The van der Waals surface area contributed by atoms with E-state index in [1.165, 1.54) is 18.3 Å². The van der Waals surface area contributed by atoms with Gasteiger partial charge in [-0.3, -0.25) is 9.59 Å². The summed E-state index contributed by atoms with van der Waals surface area (Å²) in [5.41, 5.74) is 6.18. The zero-order chi connectivity index (χ0) is 13.4. The maximum absolute atomic E-state index is 11.3. The Kier molecular flexibility index (Phi) is 5.91. The molecule has 0 bridgehead atoms. The van der Waals surface area contributed by atoms with Crippen LogP contribution in [0.15, 0.2) is 11.4 Å². The van der Waals surface area contributed by atoms with Crippen molar-refractivity contribution in [2.75, 3.05) is 13.1 Å². The summed E-state index contributed by atoms with van der Waals surface area (Å²) in [6.07, 6.45) is 0. The highest BCUT2D eigenvalue weighted by atomic mass is 32.1. The van der Waals surface area contributed by atoms with Crippen molar-refractivity contribution in [3.05, 3.63) is 21.9 Å². The molecule has 0 aliphatic carbocycles. The summed E-state index contributed by atoms with van der Waals surface area (Å²) in [6.45, 7) is 2.14. The highest BCUT2D eigenvalue weighted by Crippen LogP contribution is 2.13. The minimum absolute atomic E-state index is 0.000540. The molecule has 0 spiro atoms. The van der Waals surface area contributed by atoms with Gasteiger partial charge in [0.05, 0.1) is 19.6 Å². The number of rotatable bonds is 4. The van der Waals surface area contributed by atoms with Crippen molar-refractivity contribution in [2.45, 2.75) is 13.5 Å². The van der Waals surface area contributed by atoms with Gasteiger partial charge in [0.1, 0.15) is 0 Å². The van der Waals surface area contributed by atoms with Gasteiger partial charge in [0, 0.05) is 22.7 Å². The number of hydrogen-bond acceptors (Lipinski definition) is 4. The molecule has 2 amide bonds. The van der Waals surface area contributed by atoms with E-state index < -0.39 is 0 Å². The fourth-order valence-corrected chi connectivity index (χ4v) is 1.90. The molecule has 0 aliphatic rings. The standard InChI is InChI=1S/C12H15N3O2S/c1-9(16)14-7-12(17)15-6-11-5-10(8-18-11)3-2-4-13/h5,8H,4,6-7,13H2,1H3,(H,14,16)(H,15,17). The third-order valence-corrected chi connectivity index (χ3v) is 2.88. The molecule has 1 aromatic heterocycles. The molecule has 0 radical (unpaired) electrons. The van der Waals surface area contributed by atoms with E-state index >= 15 is 0 Å². The predicted molar refractivity (Wildman–Crippen MR) is 70.8 cm³/mol. The minimum Gasteiger partial charge on any atom is -0.350 e. The molecule has 0 saturated heterocycles. The van der Waals surface area contributed by atoms with Crippen LogP contribution in [0.4, 0.5) is 0 Å². The molecule has 96 valence electrons. The van der Waals surface area contributed by atoms with E-state index in [1.54, 1.807) is 0 Å². The number of amides is 2. The summed E-state index contributed by atoms with van der Waals surface area (Å²) in [4.78, 5) is 23.0. The van der Waals surface area contributed by atoms with E-state index in [0.717, 1.165) is 10.4 Å². The van der Waals surface area contributed by atoms with Crippen molar-refractivity contribution in [1.82, 2.24) is 10.6 Å². The van der Waals surface area contributed by atoms with Crippen LogP contribution in [0.25, 0.3) is 0 Å². The quantitative estimate of drug-likeness (QED) is 0.660. The van der Waals surface area contributed by atoms with Crippen molar-refractivity contribution in [1.29, 1.82) is 0 Å². The van der Waals surface area contributed by atoms with Crippen LogP contribution < -0.4 is 16.4 Å². The Morgan fingerprint density at radius 3 is 2.89 bits per heavy atom. The van der Waals surface area contributed by atoms with Crippen molar-refractivity contribution in [3.8, 4) is 11.8 Å². The fraction of sp³-hybridized carbons (Fsp3) is 0.333. The lowest BCUT2D eigenvalue weighted by atomic mass is 10.3. The van der Waals surface area contributed by atoms with Crippen molar-refractivity contribution in [3.63, 3.8) is 0 Å². The maximum Gasteiger partial charge on any atom is 0.239 e. The summed E-state index contributed by atoms with van der Waals surface area (Å²) >= 11 is 1.52. The summed E-state index contributed by atoms with van der Waals surface area (Å²) in [6, 6.07) is 1.91. The van der Waals surface area contributed by atoms with Gasteiger partial charge in [-0.25, -0.2) is 0 Å². The number of carbonyl (C=O) groups excluding carboxylic acids is 2. The lowest BCUT2D eigenvalue weighted by Crippen LogP contribution is -2.35. The molecule has 6 heteroatoms. The monoisotopic (exact) mass is 265 g/mol. The van der Waals surface area contributed by atoms with Crippen LogP contribution in [-0.2, 0) is 16.1 Å². The Morgan fingerprint density at radius 2 is 2.22 bits per heavy atom. The molecule has 18 heavy (non-hydrogen) atoms. The Balaban J connectivity index is 2.37. The first-order valence-electron chi connectivity index (χ1n) is 5.39. The highest BCUT2D eigenvalue weighted by Gasteiger charge is 2.03. The van der Waals surface area contributed by atoms with Crippen LogP contribution >= 0.6 is 11.3 Å². The fourth-order valence-electron chi connectivity index (χ4n) is 1.14. The molecule has 1 rings (SSSR count). The second-order valence-corrected chi connectivity index (χ2v) is 4.49. The predicted octanol–water partition coefficient (Wildman–Crippen LogP) is -0.189. The Hall–Kier alpha value is -1.84. The van der Waals surface area contributed by atoms with Gasteiger partial charge in [-0.2, -0.15) is 0 Å². The topological polar surface area (TPSA) is 84.2 Å². The molecular weight excluding hydrogens is 250 g/mol. The Labute approximate surface area is 110 Å². The van der Waals surface area contributed by atoms with Gasteiger partial charge in [0.2, 0.25) is 11.8 Å². The van der Waals surface area contributed by atoms with Crippen LogP contribution in [0.3, 0.4) is 0 Å². The van der Waals surface area contributed by atoms with E-state index in [9.17, 15) is 9.59 Å². The molecule has 1 heterocycles. The van der Waals surface area contributed by atoms with Gasteiger partial charge >= 0.3 is 0 Å². The third kappa shape index (κ3) is 5.48. The van der Waals surface area contributed by atoms with Crippen molar-refractivity contribution >= 4 is 23.2 Å². The number of hydrogen-bond donors (Lipinski definition) is 3. The molecule has 1 aromatic rings. The summed E-state index contributed by atoms with van der Waals surface area (Å²) < 4.78 is 0. The SMILES string of the molecule is CC(=O)NCC(=O)NCc1cc(C#CCN)cs1. The molecular formula is C12H15N3O2S. The van der Waals surface area contributed by atoms with Crippen LogP contribution in [-0.4, -0.2) is 24.9 Å². The lowest BCUT2D eigenvalue weighted by Gasteiger charge is -2.03. The molecule has 5 nitrogen and oxygen atoms in total. The molecule has 0 unspecified atom stereocenters. The van der Waals surface area contributed by atoms with Gasteiger partial charge < -0.3 is 16.4 Å². The average Bonchev–Trinajstić information content (AvgIpc) is 2.79. The Morgan fingerprint density at radius 1 is 1.44 bits per heavy atom. The molecule has 0 aromatic carbocycles. The highest BCUT2D eigenvalue weighted by molar-refractivity contribution is 7.10. The largest absolute Gasteiger partial charge is 0.350 e. The third-order valence-electron chi connectivity index (χ3n) is 1.95. The first-order chi connectivity index (χ1) is 8.61. The van der Waals surface area contributed by atoms with E-state index in [-0.39, 0.29) is 18.4 Å². The molecule has 4 N–H and O–H groups in total.